The predicted molar refractivity (Wildman–Crippen MR) is 69.9 cm³/mol. The number of carbonyl (C=O) groups is 1. The molecule has 0 bridgehead atoms. The summed E-state index contributed by atoms with van der Waals surface area (Å²) in [5.74, 6) is -0.577. The molecule has 0 saturated carbocycles. The largest absolute Gasteiger partial charge is 0.462 e. The Labute approximate surface area is 111 Å². The van der Waals surface area contributed by atoms with E-state index < -0.39 is 25.8 Å². The van der Waals surface area contributed by atoms with Crippen LogP contribution in [0.3, 0.4) is 0 Å². The van der Waals surface area contributed by atoms with Crippen LogP contribution in [0.25, 0.3) is 0 Å². The number of hydrogen-bond donors (Lipinski definition) is 0. The lowest BCUT2D eigenvalue weighted by Gasteiger charge is -2.15. The first-order chi connectivity index (χ1) is 8.59. The summed E-state index contributed by atoms with van der Waals surface area (Å²) in [6.07, 6.45) is -4.39. The van der Waals surface area contributed by atoms with Crippen molar-refractivity contribution in [3.63, 3.8) is 0 Å². The van der Waals surface area contributed by atoms with Gasteiger partial charge in [-0.3, -0.25) is 0 Å². The Balaban J connectivity index is 2.59. The molecule has 0 aromatic heterocycles. The summed E-state index contributed by atoms with van der Waals surface area (Å²) in [7, 11) is -1.28. The van der Waals surface area contributed by atoms with Crippen molar-refractivity contribution in [2.24, 2.45) is 0 Å². The molecule has 0 amide bonds. The topological polar surface area (TPSA) is 26.3 Å². The molecule has 0 aliphatic carbocycles. The van der Waals surface area contributed by atoms with Gasteiger partial charge < -0.3 is 4.74 Å². The third-order valence-electron chi connectivity index (χ3n) is 2.53. The molecule has 0 aliphatic rings. The van der Waals surface area contributed by atoms with E-state index in [4.69, 9.17) is 4.74 Å². The van der Waals surface area contributed by atoms with Crippen molar-refractivity contribution in [3.8, 4) is 0 Å². The van der Waals surface area contributed by atoms with Crippen LogP contribution in [0.15, 0.2) is 24.3 Å². The highest BCUT2D eigenvalue weighted by Crippen LogP contribution is 2.29. The average molecular weight is 290 g/mol. The van der Waals surface area contributed by atoms with Gasteiger partial charge in [0.1, 0.15) is 0 Å². The van der Waals surface area contributed by atoms with Crippen LogP contribution in [0.4, 0.5) is 13.2 Å². The Morgan fingerprint density at radius 2 is 1.68 bits per heavy atom. The monoisotopic (exact) mass is 290 g/mol. The zero-order valence-corrected chi connectivity index (χ0v) is 12.2. The van der Waals surface area contributed by atoms with Crippen molar-refractivity contribution in [2.75, 3.05) is 6.61 Å². The van der Waals surface area contributed by atoms with Crippen LogP contribution in [-0.2, 0) is 10.9 Å². The minimum Gasteiger partial charge on any atom is -0.462 e. The number of halogens is 3. The maximum atomic E-state index is 12.3. The minimum absolute atomic E-state index is 0.142. The van der Waals surface area contributed by atoms with Crippen molar-refractivity contribution in [1.82, 2.24) is 0 Å². The fourth-order valence-electron chi connectivity index (χ4n) is 1.33. The van der Waals surface area contributed by atoms with Crippen molar-refractivity contribution >= 4 is 14.0 Å². The second-order valence-electron chi connectivity index (χ2n) is 5.52. The molecule has 1 aromatic rings. The Kier molecular flexibility index (Phi) is 4.79. The van der Waals surface area contributed by atoms with Gasteiger partial charge in [-0.1, -0.05) is 19.6 Å². The molecular formula is C13H17F3O2Si. The molecule has 1 rings (SSSR count). The lowest BCUT2D eigenvalue weighted by molar-refractivity contribution is -0.137. The van der Waals surface area contributed by atoms with Crippen molar-refractivity contribution in [1.29, 1.82) is 0 Å². The van der Waals surface area contributed by atoms with Crippen LogP contribution in [0, 0.1) is 0 Å². The third kappa shape index (κ3) is 5.46. The fourth-order valence-corrected chi connectivity index (χ4v) is 2.04. The standard InChI is InChI=1S/C13H17F3O2Si/c1-19(2,3)9-8-18-12(17)10-4-6-11(7-5-10)13(14,15)16/h4-7H,8-9H2,1-3H3. The van der Waals surface area contributed by atoms with Gasteiger partial charge in [-0.25, -0.2) is 4.79 Å². The first kappa shape index (κ1) is 15.8. The van der Waals surface area contributed by atoms with Crippen LogP contribution >= 0.6 is 0 Å². The van der Waals surface area contributed by atoms with Crippen LogP contribution in [-0.4, -0.2) is 20.7 Å². The smallest absolute Gasteiger partial charge is 0.416 e. The summed E-state index contributed by atoms with van der Waals surface area (Å²) in [6.45, 7) is 6.77. The number of alkyl halides is 3. The van der Waals surface area contributed by atoms with E-state index in [1.165, 1.54) is 0 Å². The lowest BCUT2D eigenvalue weighted by Crippen LogP contribution is -2.22. The van der Waals surface area contributed by atoms with Gasteiger partial charge in [-0.05, 0) is 30.3 Å². The molecule has 6 heteroatoms. The predicted octanol–water partition coefficient (Wildman–Crippen LogP) is 4.20. The van der Waals surface area contributed by atoms with Gasteiger partial charge in [0.05, 0.1) is 17.7 Å². The van der Waals surface area contributed by atoms with Crippen molar-refractivity contribution in [3.05, 3.63) is 35.4 Å². The summed E-state index contributed by atoms with van der Waals surface area (Å²) >= 11 is 0. The zero-order valence-electron chi connectivity index (χ0n) is 11.2. The van der Waals surface area contributed by atoms with Gasteiger partial charge in [-0.2, -0.15) is 13.2 Å². The van der Waals surface area contributed by atoms with E-state index in [1.54, 1.807) is 0 Å². The molecule has 0 heterocycles. The Morgan fingerprint density at radius 3 is 2.11 bits per heavy atom. The molecule has 0 radical (unpaired) electrons. The molecule has 0 atom stereocenters. The third-order valence-corrected chi connectivity index (χ3v) is 4.24. The molecule has 1 aromatic carbocycles. The fraction of sp³-hybridized carbons (Fsp3) is 0.462. The summed E-state index contributed by atoms with van der Waals surface area (Å²) < 4.78 is 42.1. The molecular weight excluding hydrogens is 273 g/mol. The maximum Gasteiger partial charge on any atom is 0.416 e. The number of esters is 1. The first-order valence-electron chi connectivity index (χ1n) is 5.94. The zero-order chi connectivity index (χ0) is 14.7. The van der Waals surface area contributed by atoms with Gasteiger partial charge in [0.25, 0.3) is 0 Å². The Bertz CT molecular complexity index is 433. The number of ether oxygens (including phenoxy) is 1. The molecule has 0 spiro atoms. The molecule has 0 unspecified atom stereocenters. The molecule has 0 fully saturated rings. The summed E-state index contributed by atoms with van der Waals surface area (Å²) in [5, 5.41) is 0. The van der Waals surface area contributed by atoms with Crippen molar-refractivity contribution < 1.29 is 22.7 Å². The van der Waals surface area contributed by atoms with E-state index in [9.17, 15) is 18.0 Å². The number of carbonyl (C=O) groups excluding carboxylic acids is 1. The maximum absolute atomic E-state index is 12.3. The second kappa shape index (κ2) is 5.77. The lowest BCUT2D eigenvalue weighted by atomic mass is 10.1. The molecule has 0 N–H and O–H groups in total. The van der Waals surface area contributed by atoms with Gasteiger partial charge >= 0.3 is 12.1 Å². The van der Waals surface area contributed by atoms with E-state index in [1.807, 2.05) is 0 Å². The van der Waals surface area contributed by atoms with E-state index in [0.29, 0.717) is 6.61 Å². The van der Waals surface area contributed by atoms with Gasteiger partial charge in [0, 0.05) is 8.07 Å². The molecule has 2 nitrogen and oxygen atoms in total. The summed E-state index contributed by atoms with van der Waals surface area (Å²) in [4.78, 5) is 11.6. The van der Waals surface area contributed by atoms with Crippen LogP contribution < -0.4 is 0 Å². The number of rotatable bonds is 4. The molecule has 19 heavy (non-hydrogen) atoms. The normalized spacial score (nSPS) is 12.3. The molecule has 0 saturated heterocycles. The minimum atomic E-state index is -4.39. The van der Waals surface area contributed by atoms with Gasteiger partial charge in [0.15, 0.2) is 0 Å². The molecule has 106 valence electrons. The van der Waals surface area contributed by atoms with E-state index >= 15 is 0 Å². The van der Waals surface area contributed by atoms with Crippen LogP contribution in [0.2, 0.25) is 25.7 Å². The van der Waals surface area contributed by atoms with Gasteiger partial charge in [0.2, 0.25) is 0 Å². The SMILES string of the molecule is C[Si](C)(C)CCOC(=O)c1ccc(C(F)(F)F)cc1. The summed E-state index contributed by atoms with van der Waals surface area (Å²) in [6, 6.07) is 4.88. The highest BCUT2D eigenvalue weighted by molar-refractivity contribution is 6.76. The van der Waals surface area contributed by atoms with E-state index in [2.05, 4.69) is 19.6 Å². The number of benzene rings is 1. The second-order valence-corrected chi connectivity index (χ2v) is 11.1. The van der Waals surface area contributed by atoms with Crippen molar-refractivity contribution in [2.45, 2.75) is 31.9 Å². The van der Waals surface area contributed by atoms with Gasteiger partial charge in [-0.15, -0.1) is 0 Å². The van der Waals surface area contributed by atoms with Crippen LogP contribution in [0.5, 0.6) is 0 Å². The Hall–Kier alpha value is -1.30. The van der Waals surface area contributed by atoms with E-state index in [0.717, 1.165) is 30.3 Å². The first-order valence-corrected chi connectivity index (χ1v) is 9.65. The Morgan fingerprint density at radius 1 is 1.16 bits per heavy atom. The molecule has 0 aliphatic heterocycles. The number of hydrogen-bond acceptors (Lipinski definition) is 2. The highest BCUT2D eigenvalue weighted by Gasteiger charge is 2.30. The highest BCUT2D eigenvalue weighted by atomic mass is 28.3. The van der Waals surface area contributed by atoms with E-state index in [-0.39, 0.29) is 5.56 Å². The quantitative estimate of drug-likeness (QED) is 0.613. The van der Waals surface area contributed by atoms with Crippen LogP contribution in [0.1, 0.15) is 15.9 Å². The summed E-state index contributed by atoms with van der Waals surface area (Å²) in [5.41, 5.74) is -0.630. The average Bonchev–Trinajstić information content (AvgIpc) is 2.26.